The first-order valence-electron chi connectivity index (χ1n) is 5.66. The molecule has 7 nitrogen and oxygen atoms in total. The van der Waals surface area contributed by atoms with Gasteiger partial charge < -0.3 is 15.1 Å². The number of aliphatic hydroxyl groups excluding tert-OH is 1. The van der Waals surface area contributed by atoms with Gasteiger partial charge in [0.05, 0.1) is 11.6 Å². The van der Waals surface area contributed by atoms with Crippen LogP contribution in [-0.2, 0) is 0 Å². The van der Waals surface area contributed by atoms with E-state index in [1.165, 1.54) is 9.58 Å². The zero-order valence-electron chi connectivity index (χ0n) is 9.47. The van der Waals surface area contributed by atoms with Crippen molar-refractivity contribution in [3.8, 4) is 0 Å². The number of aromatic nitrogens is 3. The van der Waals surface area contributed by atoms with Gasteiger partial charge >= 0.3 is 6.09 Å². The molecule has 3 rings (SSSR count). The fourth-order valence-electron chi connectivity index (χ4n) is 2.20. The summed E-state index contributed by atoms with van der Waals surface area (Å²) >= 11 is 0. The number of hydrogen-bond acceptors (Lipinski definition) is 4. The molecule has 0 aliphatic carbocycles. The summed E-state index contributed by atoms with van der Waals surface area (Å²) in [6.45, 7) is 0.448. The molecule has 2 aromatic rings. The minimum Gasteiger partial charge on any atom is -0.465 e. The summed E-state index contributed by atoms with van der Waals surface area (Å²) in [5, 5.41) is 27.0. The van der Waals surface area contributed by atoms with Gasteiger partial charge in [-0.3, -0.25) is 0 Å². The van der Waals surface area contributed by atoms with Crippen LogP contribution in [0.2, 0.25) is 0 Å². The zero-order valence-corrected chi connectivity index (χ0v) is 9.47. The number of hydrogen-bond donors (Lipinski definition) is 2. The average Bonchev–Trinajstić information content (AvgIpc) is 2.70. The van der Waals surface area contributed by atoms with E-state index in [1.807, 2.05) is 12.1 Å². The highest BCUT2D eigenvalue weighted by molar-refractivity contribution is 5.74. The maximum Gasteiger partial charge on any atom is 0.407 e. The van der Waals surface area contributed by atoms with Gasteiger partial charge in [-0.25, -0.2) is 9.48 Å². The Morgan fingerprint density at radius 3 is 2.89 bits per heavy atom. The predicted molar refractivity (Wildman–Crippen MR) is 61.9 cm³/mol. The van der Waals surface area contributed by atoms with Crippen molar-refractivity contribution in [3.63, 3.8) is 0 Å². The van der Waals surface area contributed by atoms with Crippen LogP contribution in [0, 0.1) is 0 Å². The van der Waals surface area contributed by atoms with E-state index in [0.29, 0.717) is 24.0 Å². The number of nitrogens with zero attached hydrogens (tertiary/aromatic N) is 4. The van der Waals surface area contributed by atoms with Gasteiger partial charge in [-0.1, -0.05) is 17.3 Å². The second-order valence-electron chi connectivity index (χ2n) is 4.27. The number of aliphatic hydroxyl groups is 1. The molecule has 1 amide bonds. The van der Waals surface area contributed by atoms with Gasteiger partial charge in [0.25, 0.3) is 0 Å². The molecular formula is C11H12N4O3. The predicted octanol–water partition coefficient (Wildman–Crippen LogP) is 0.674. The van der Waals surface area contributed by atoms with Gasteiger partial charge in [0.1, 0.15) is 5.52 Å². The van der Waals surface area contributed by atoms with Crippen molar-refractivity contribution in [3.05, 3.63) is 24.3 Å². The maximum atomic E-state index is 10.9. The standard InChI is InChI=1S/C11H12N4O3/c16-10(9-5-6-14(9)11(17)18)15-8-4-2-1-3-7(8)12-13-15/h1-4,9-10,16H,5-6H2,(H,17,18)/t9-,10?/m0/s1. The Morgan fingerprint density at radius 1 is 1.44 bits per heavy atom. The van der Waals surface area contributed by atoms with Crippen molar-refractivity contribution in [2.75, 3.05) is 6.54 Å². The molecule has 7 heteroatoms. The molecule has 1 aliphatic rings. The molecular weight excluding hydrogens is 236 g/mol. The third-order valence-electron chi connectivity index (χ3n) is 3.28. The average molecular weight is 248 g/mol. The lowest BCUT2D eigenvalue weighted by atomic mass is 10.0. The van der Waals surface area contributed by atoms with Crippen molar-refractivity contribution in [1.29, 1.82) is 0 Å². The highest BCUT2D eigenvalue weighted by atomic mass is 16.4. The van der Waals surface area contributed by atoms with E-state index in [4.69, 9.17) is 5.11 Å². The van der Waals surface area contributed by atoms with Gasteiger partial charge in [-0.2, -0.15) is 0 Å². The zero-order chi connectivity index (χ0) is 12.7. The number of carbonyl (C=O) groups is 1. The van der Waals surface area contributed by atoms with E-state index in [-0.39, 0.29) is 0 Å². The maximum absolute atomic E-state index is 10.9. The van der Waals surface area contributed by atoms with Crippen LogP contribution in [0.4, 0.5) is 4.79 Å². The van der Waals surface area contributed by atoms with Gasteiger partial charge in [-0.05, 0) is 18.6 Å². The third kappa shape index (κ3) is 1.52. The van der Waals surface area contributed by atoms with Crippen LogP contribution in [-0.4, -0.2) is 48.8 Å². The summed E-state index contributed by atoms with van der Waals surface area (Å²) in [6.07, 6.45) is -1.39. The minimum absolute atomic E-state index is 0.448. The van der Waals surface area contributed by atoms with E-state index in [0.717, 1.165) is 0 Å². The number of fused-ring (bicyclic) bond motifs is 1. The molecule has 0 saturated carbocycles. The number of carboxylic acid groups (broad SMARTS) is 1. The molecule has 1 aromatic heterocycles. The van der Waals surface area contributed by atoms with Crippen LogP contribution in [0.5, 0.6) is 0 Å². The van der Waals surface area contributed by atoms with Gasteiger partial charge in [-0.15, -0.1) is 5.10 Å². The Morgan fingerprint density at radius 2 is 2.22 bits per heavy atom. The molecule has 1 aromatic carbocycles. The van der Waals surface area contributed by atoms with Gasteiger partial charge in [0.15, 0.2) is 6.23 Å². The third-order valence-corrected chi connectivity index (χ3v) is 3.28. The summed E-state index contributed by atoms with van der Waals surface area (Å²) in [5.41, 5.74) is 1.37. The molecule has 2 heterocycles. The number of rotatable bonds is 2. The van der Waals surface area contributed by atoms with Crippen LogP contribution in [0.3, 0.4) is 0 Å². The number of likely N-dealkylation sites (tertiary alicyclic amines) is 1. The lowest BCUT2D eigenvalue weighted by Gasteiger charge is -2.41. The summed E-state index contributed by atoms with van der Waals surface area (Å²) in [5.74, 6) is 0. The van der Waals surface area contributed by atoms with Crippen molar-refractivity contribution in [2.24, 2.45) is 0 Å². The Kier molecular flexibility index (Phi) is 2.41. The normalized spacial score (nSPS) is 20.7. The molecule has 1 aliphatic heterocycles. The van der Waals surface area contributed by atoms with Gasteiger partial charge in [0, 0.05) is 6.54 Å². The Balaban J connectivity index is 1.93. The number of para-hydroxylation sites is 1. The highest BCUT2D eigenvalue weighted by Crippen LogP contribution is 2.27. The van der Waals surface area contributed by atoms with E-state index >= 15 is 0 Å². The molecule has 0 bridgehead atoms. The molecule has 1 saturated heterocycles. The molecule has 18 heavy (non-hydrogen) atoms. The van der Waals surface area contributed by atoms with Crippen LogP contribution in [0.1, 0.15) is 12.6 Å². The molecule has 0 radical (unpaired) electrons. The second-order valence-corrected chi connectivity index (χ2v) is 4.27. The van der Waals surface area contributed by atoms with Crippen LogP contribution in [0.15, 0.2) is 24.3 Å². The lowest BCUT2D eigenvalue weighted by Crippen LogP contribution is -2.54. The number of benzene rings is 1. The minimum atomic E-state index is -1.02. The van der Waals surface area contributed by atoms with Crippen molar-refractivity contribution >= 4 is 17.1 Å². The summed E-state index contributed by atoms with van der Waals surface area (Å²) in [4.78, 5) is 12.1. The quantitative estimate of drug-likeness (QED) is 0.815. The lowest BCUT2D eigenvalue weighted by molar-refractivity contribution is -0.0458. The molecule has 0 spiro atoms. The van der Waals surface area contributed by atoms with E-state index in [2.05, 4.69) is 10.3 Å². The Hall–Kier alpha value is -2.15. The molecule has 2 N–H and O–H groups in total. The fraction of sp³-hybridized carbons (Fsp3) is 0.364. The largest absolute Gasteiger partial charge is 0.465 e. The Labute approximate surface area is 102 Å². The van der Waals surface area contributed by atoms with Crippen molar-refractivity contribution in [1.82, 2.24) is 19.9 Å². The fourth-order valence-corrected chi connectivity index (χ4v) is 2.20. The smallest absolute Gasteiger partial charge is 0.407 e. The van der Waals surface area contributed by atoms with E-state index in [9.17, 15) is 9.90 Å². The van der Waals surface area contributed by atoms with Crippen molar-refractivity contribution in [2.45, 2.75) is 18.7 Å². The van der Waals surface area contributed by atoms with Crippen LogP contribution >= 0.6 is 0 Å². The van der Waals surface area contributed by atoms with Crippen LogP contribution in [0.25, 0.3) is 11.0 Å². The monoisotopic (exact) mass is 248 g/mol. The first kappa shape index (κ1) is 11.0. The SMILES string of the molecule is O=C(O)N1CC[C@H]1C(O)n1nnc2ccccc21. The first-order chi connectivity index (χ1) is 8.68. The highest BCUT2D eigenvalue weighted by Gasteiger charge is 2.39. The second kappa shape index (κ2) is 3.95. The number of amides is 1. The first-order valence-corrected chi connectivity index (χ1v) is 5.66. The molecule has 1 fully saturated rings. The summed E-state index contributed by atoms with van der Waals surface area (Å²) in [6, 6.07) is 6.79. The molecule has 94 valence electrons. The topological polar surface area (TPSA) is 91.5 Å². The molecule has 1 unspecified atom stereocenters. The molecule has 2 atom stereocenters. The van der Waals surface area contributed by atoms with E-state index < -0.39 is 18.4 Å². The Bertz CT molecular complexity index is 597. The van der Waals surface area contributed by atoms with E-state index in [1.54, 1.807) is 12.1 Å². The van der Waals surface area contributed by atoms with Gasteiger partial charge in [0.2, 0.25) is 0 Å². The van der Waals surface area contributed by atoms with Crippen molar-refractivity contribution < 1.29 is 15.0 Å². The summed E-state index contributed by atoms with van der Waals surface area (Å²) in [7, 11) is 0. The van der Waals surface area contributed by atoms with Crippen LogP contribution < -0.4 is 0 Å². The summed E-state index contributed by atoms with van der Waals surface area (Å²) < 4.78 is 1.37.